The van der Waals surface area contributed by atoms with Crippen LogP contribution in [0.2, 0.25) is 0 Å². The van der Waals surface area contributed by atoms with E-state index in [1.165, 1.54) is 51.4 Å². The van der Waals surface area contributed by atoms with E-state index in [9.17, 15) is 4.79 Å². The van der Waals surface area contributed by atoms with Gasteiger partial charge in [0.1, 0.15) is 6.29 Å². The van der Waals surface area contributed by atoms with Gasteiger partial charge in [-0.1, -0.05) is 63.3 Å². The van der Waals surface area contributed by atoms with Crippen molar-refractivity contribution in [3.8, 4) is 0 Å². The molecule has 0 aliphatic carbocycles. The van der Waals surface area contributed by atoms with Crippen molar-refractivity contribution in [1.82, 2.24) is 0 Å². The Labute approximate surface area is 101 Å². The molecule has 1 nitrogen and oxygen atoms in total. The highest BCUT2D eigenvalue weighted by Gasteiger charge is 1.91. The average Bonchev–Trinajstić information content (AvgIpc) is 2.31. The van der Waals surface area contributed by atoms with Gasteiger partial charge in [-0.05, 0) is 19.3 Å². The van der Waals surface area contributed by atoms with Crippen LogP contribution in [0.1, 0.15) is 64.2 Å². The van der Waals surface area contributed by atoms with E-state index in [0.29, 0.717) is 0 Å². The summed E-state index contributed by atoms with van der Waals surface area (Å²) >= 11 is 0. The Morgan fingerprint density at radius 2 is 1.25 bits per heavy atom. The Morgan fingerprint density at radius 1 is 0.750 bits per heavy atom. The minimum absolute atomic E-state index is 0.746. The van der Waals surface area contributed by atoms with E-state index in [2.05, 4.69) is 12.7 Å². The summed E-state index contributed by atoms with van der Waals surface area (Å²) in [6.45, 7) is 3.64. The summed E-state index contributed by atoms with van der Waals surface area (Å²) in [6, 6.07) is 0. The lowest BCUT2D eigenvalue weighted by Crippen LogP contribution is -1.82. The number of rotatable bonds is 12. The molecule has 0 spiro atoms. The first-order valence-corrected chi connectivity index (χ1v) is 6.63. The molecule has 0 aliphatic rings. The SMILES string of the molecule is C=CC=CCCCCCCCCCCC=O. The molecule has 0 rings (SSSR count). The van der Waals surface area contributed by atoms with Crippen LogP contribution in [0.3, 0.4) is 0 Å². The molecule has 0 radical (unpaired) electrons. The van der Waals surface area contributed by atoms with E-state index < -0.39 is 0 Å². The van der Waals surface area contributed by atoms with Gasteiger partial charge in [-0.3, -0.25) is 0 Å². The zero-order chi connectivity index (χ0) is 11.9. The van der Waals surface area contributed by atoms with Crippen LogP contribution >= 0.6 is 0 Å². The van der Waals surface area contributed by atoms with Gasteiger partial charge in [-0.2, -0.15) is 0 Å². The van der Waals surface area contributed by atoms with Crippen LogP contribution in [0.5, 0.6) is 0 Å². The van der Waals surface area contributed by atoms with Crippen LogP contribution in [-0.2, 0) is 4.79 Å². The van der Waals surface area contributed by atoms with Gasteiger partial charge in [0.15, 0.2) is 0 Å². The van der Waals surface area contributed by atoms with Gasteiger partial charge in [0, 0.05) is 6.42 Å². The van der Waals surface area contributed by atoms with Crippen molar-refractivity contribution in [3.63, 3.8) is 0 Å². The number of hydrogen-bond donors (Lipinski definition) is 0. The lowest BCUT2D eigenvalue weighted by atomic mass is 10.1. The summed E-state index contributed by atoms with van der Waals surface area (Å²) in [6.07, 6.45) is 19.3. The molecule has 0 aromatic carbocycles. The number of hydrogen-bond acceptors (Lipinski definition) is 1. The largest absolute Gasteiger partial charge is 0.303 e. The van der Waals surface area contributed by atoms with E-state index in [1.54, 1.807) is 0 Å². The fourth-order valence-electron chi connectivity index (χ4n) is 1.74. The Balaban J connectivity index is 2.95. The molecule has 0 amide bonds. The van der Waals surface area contributed by atoms with Crippen LogP contribution in [-0.4, -0.2) is 6.29 Å². The first-order valence-electron chi connectivity index (χ1n) is 6.63. The van der Waals surface area contributed by atoms with Gasteiger partial charge in [-0.15, -0.1) is 0 Å². The molecular weight excluding hydrogens is 196 g/mol. The van der Waals surface area contributed by atoms with Crippen LogP contribution in [0.4, 0.5) is 0 Å². The smallest absolute Gasteiger partial charge is 0.119 e. The van der Waals surface area contributed by atoms with E-state index in [0.717, 1.165) is 19.1 Å². The van der Waals surface area contributed by atoms with Gasteiger partial charge in [0.2, 0.25) is 0 Å². The van der Waals surface area contributed by atoms with Gasteiger partial charge < -0.3 is 4.79 Å². The molecule has 0 aliphatic heterocycles. The minimum Gasteiger partial charge on any atom is -0.303 e. The Morgan fingerprint density at radius 3 is 1.75 bits per heavy atom. The summed E-state index contributed by atoms with van der Waals surface area (Å²) in [5, 5.41) is 0. The van der Waals surface area contributed by atoms with E-state index in [-0.39, 0.29) is 0 Å². The van der Waals surface area contributed by atoms with Crippen molar-refractivity contribution in [2.45, 2.75) is 64.2 Å². The fraction of sp³-hybridized carbons (Fsp3) is 0.667. The number of carbonyl (C=O) groups is 1. The summed E-state index contributed by atoms with van der Waals surface area (Å²) < 4.78 is 0. The second-order valence-corrected chi connectivity index (χ2v) is 4.24. The van der Waals surface area contributed by atoms with Crippen molar-refractivity contribution < 1.29 is 4.79 Å². The summed E-state index contributed by atoms with van der Waals surface area (Å²) in [5.41, 5.74) is 0. The zero-order valence-electron chi connectivity index (χ0n) is 10.5. The van der Waals surface area contributed by atoms with Crippen LogP contribution < -0.4 is 0 Å². The minimum atomic E-state index is 0.746. The quantitative estimate of drug-likeness (QED) is 0.262. The Kier molecular flexibility index (Phi) is 13.4. The number of carbonyl (C=O) groups excluding carboxylic acids is 1. The Bertz CT molecular complexity index is 182. The van der Waals surface area contributed by atoms with Crippen molar-refractivity contribution in [1.29, 1.82) is 0 Å². The highest BCUT2D eigenvalue weighted by atomic mass is 16.1. The number of allylic oxidation sites excluding steroid dienone is 3. The third kappa shape index (κ3) is 13.2. The summed E-state index contributed by atoms with van der Waals surface area (Å²) in [5.74, 6) is 0. The molecule has 0 aromatic rings. The maximum atomic E-state index is 10.1. The molecule has 0 aromatic heterocycles. The van der Waals surface area contributed by atoms with Crippen LogP contribution in [0.25, 0.3) is 0 Å². The second kappa shape index (κ2) is 14.2. The maximum absolute atomic E-state index is 10.1. The highest BCUT2D eigenvalue weighted by Crippen LogP contribution is 2.10. The topological polar surface area (TPSA) is 17.1 Å². The van der Waals surface area contributed by atoms with E-state index in [1.807, 2.05) is 12.2 Å². The van der Waals surface area contributed by atoms with Gasteiger partial charge in [-0.25, -0.2) is 0 Å². The van der Waals surface area contributed by atoms with Crippen molar-refractivity contribution in [3.05, 3.63) is 24.8 Å². The molecule has 1 heteroatoms. The predicted octanol–water partition coefficient (Wildman–Crippen LogP) is 4.83. The third-order valence-corrected chi connectivity index (χ3v) is 2.71. The van der Waals surface area contributed by atoms with Crippen molar-refractivity contribution in [2.24, 2.45) is 0 Å². The molecule has 0 saturated heterocycles. The van der Waals surface area contributed by atoms with E-state index >= 15 is 0 Å². The molecule has 16 heavy (non-hydrogen) atoms. The fourth-order valence-corrected chi connectivity index (χ4v) is 1.74. The first-order chi connectivity index (χ1) is 7.91. The van der Waals surface area contributed by atoms with Gasteiger partial charge in [0.05, 0.1) is 0 Å². The molecule has 92 valence electrons. The molecule has 0 unspecified atom stereocenters. The first kappa shape index (κ1) is 15.2. The summed E-state index contributed by atoms with van der Waals surface area (Å²) in [7, 11) is 0. The second-order valence-electron chi connectivity index (χ2n) is 4.24. The maximum Gasteiger partial charge on any atom is 0.119 e. The molecule has 0 N–H and O–H groups in total. The summed E-state index contributed by atoms with van der Waals surface area (Å²) in [4.78, 5) is 10.1. The van der Waals surface area contributed by atoms with Gasteiger partial charge >= 0.3 is 0 Å². The lowest BCUT2D eigenvalue weighted by Gasteiger charge is -2.00. The molecule has 0 atom stereocenters. The normalized spacial score (nSPS) is 10.8. The Hall–Kier alpha value is -0.850. The van der Waals surface area contributed by atoms with Crippen LogP contribution in [0, 0.1) is 0 Å². The zero-order valence-corrected chi connectivity index (χ0v) is 10.5. The lowest BCUT2D eigenvalue weighted by molar-refractivity contribution is -0.107. The molecular formula is C15H26O. The standard InChI is InChI=1S/C15H26O/c1-2-3-4-5-6-7-8-9-10-11-12-13-14-15-16/h2-4,15H,1,5-14H2. The molecule has 0 saturated carbocycles. The van der Waals surface area contributed by atoms with Crippen molar-refractivity contribution >= 4 is 6.29 Å². The molecule has 0 fully saturated rings. The molecule has 0 bridgehead atoms. The third-order valence-electron chi connectivity index (χ3n) is 2.71. The van der Waals surface area contributed by atoms with Crippen LogP contribution in [0.15, 0.2) is 24.8 Å². The predicted molar refractivity (Wildman–Crippen MR) is 71.6 cm³/mol. The van der Waals surface area contributed by atoms with Crippen molar-refractivity contribution in [2.75, 3.05) is 0 Å². The number of unbranched alkanes of at least 4 members (excludes halogenated alkanes) is 9. The molecule has 0 heterocycles. The van der Waals surface area contributed by atoms with E-state index in [4.69, 9.17) is 0 Å². The number of aldehydes is 1. The average molecular weight is 222 g/mol. The highest BCUT2D eigenvalue weighted by molar-refractivity contribution is 5.48. The monoisotopic (exact) mass is 222 g/mol. The van der Waals surface area contributed by atoms with Gasteiger partial charge in [0.25, 0.3) is 0 Å².